The highest BCUT2D eigenvalue weighted by Gasteiger charge is 2.14. The van der Waals surface area contributed by atoms with Gasteiger partial charge in [-0.1, -0.05) is 22.0 Å². The molecule has 1 heterocycles. The molecule has 2 rings (SSSR count). The van der Waals surface area contributed by atoms with Gasteiger partial charge in [-0.15, -0.1) is 0 Å². The zero-order valence-electron chi connectivity index (χ0n) is 10.8. The van der Waals surface area contributed by atoms with Gasteiger partial charge in [0, 0.05) is 10.7 Å². The Labute approximate surface area is 120 Å². The van der Waals surface area contributed by atoms with E-state index in [1.807, 2.05) is 26.1 Å². The number of aryl methyl sites for hydroxylation is 1. The molecule has 19 heavy (non-hydrogen) atoms. The third kappa shape index (κ3) is 3.58. The van der Waals surface area contributed by atoms with Gasteiger partial charge in [0.2, 0.25) is 0 Å². The van der Waals surface area contributed by atoms with Crippen molar-refractivity contribution in [3.05, 3.63) is 57.8 Å². The fraction of sp³-hybridized carbons (Fsp3) is 0.286. The lowest BCUT2D eigenvalue weighted by Gasteiger charge is -2.16. The van der Waals surface area contributed by atoms with Crippen molar-refractivity contribution >= 4 is 15.9 Å². The molecule has 1 N–H and O–H groups in total. The maximum atomic E-state index is 13.9. The van der Waals surface area contributed by atoms with Crippen molar-refractivity contribution in [2.45, 2.75) is 19.4 Å². The quantitative estimate of drug-likeness (QED) is 0.939. The molecule has 0 aliphatic heterocycles. The molecule has 0 fully saturated rings. The fourth-order valence-electron chi connectivity index (χ4n) is 1.93. The molecule has 1 unspecified atom stereocenters. The van der Waals surface area contributed by atoms with Gasteiger partial charge in [-0.25, -0.2) is 14.4 Å². The molecule has 1 aromatic carbocycles. The highest BCUT2D eigenvalue weighted by molar-refractivity contribution is 9.10. The molecule has 1 aromatic heterocycles. The molecule has 0 radical (unpaired) electrons. The summed E-state index contributed by atoms with van der Waals surface area (Å²) in [4.78, 5) is 8.46. The topological polar surface area (TPSA) is 37.8 Å². The predicted octanol–water partition coefficient (Wildman–Crippen LogP) is 3.19. The summed E-state index contributed by atoms with van der Waals surface area (Å²) < 4.78 is 14.6. The van der Waals surface area contributed by atoms with Crippen molar-refractivity contribution in [3.63, 3.8) is 0 Å². The number of halogens is 2. The van der Waals surface area contributed by atoms with Crippen LogP contribution in [-0.2, 0) is 6.42 Å². The fourth-order valence-corrected chi connectivity index (χ4v) is 2.26. The molecule has 0 spiro atoms. The maximum absolute atomic E-state index is 13.9. The number of aromatic nitrogens is 2. The first-order valence-electron chi connectivity index (χ1n) is 6.01. The second kappa shape index (κ2) is 6.21. The number of nitrogens with one attached hydrogen (secondary N) is 1. The van der Waals surface area contributed by atoms with E-state index in [-0.39, 0.29) is 11.9 Å². The molecular formula is C14H15BrFN3. The second-order valence-electron chi connectivity index (χ2n) is 4.31. The van der Waals surface area contributed by atoms with Crippen molar-refractivity contribution in [2.75, 3.05) is 7.05 Å². The van der Waals surface area contributed by atoms with E-state index in [0.717, 1.165) is 10.2 Å². The standard InChI is InChI=1S/C14H15BrFN3/c1-9-18-6-5-13(19-9)14(17-2)7-10-3-4-11(15)8-12(10)16/h3-6,8,14,17H,7H2,1-2H3. The van der Waals surface area contributed by atoms with Crippen LogP contribution < -0.4 is 5.32 Å². The first-order chi connectivity index (χ1) is 9.10. The summed E-state index contributed by atoms with van der Waals surface area (Å²) in [6, 6.07) is 6.93. The molecule has 5 heteroatoms. The average molecular weight is 324 g/mol. The lowest BCUT2D eigenvalue weighted by Crippen LogP contribution is -2.21. The van der Waals surface area contributed by atoms with Crippen LogP contribution in [0.3, 0.4) is 0 Å². The highest BCUT2D eigenvalue weighted by Crippen LogP contribution is 2.21. The Balaban J connectivity index is 2.24. The summed E-state index contributed by atoms with van der Waals surface area (Å²) in [5, 5.41) is 3.17. The summed E-state index contributed by atoms with van der Waals surface area (Å²) in [6.07, 6.45) is 2.27. The van der Waals surface area contributed by atoms with Crippen molar-refractivity contribution < 1.29 is 4.39 Å². The lowest BCUT2D eigenvalue weighted by molar-refractivity contribution is 0.542. The minimum atomic E-state index is -0.208. The molecule has 0 amide bonds. The molecule has 0 aliphatic rings. The van der Waals surface area contributed by atoms with Crippen LogP contribution in [0.25, 0.3) is 0 Å². The van der Waals surface area contributed by atoms with Gasteiger partial charge in [-0.2, -0.15) is 0 Å². The molecule has 1 atom stereocenters. The Morgan fingerprint density at radius 3 is 2.79 bits per heavy atom. The molecule has 0 aliphatic carbocycles. The monoisotopic (exact) mass is 323 g/mol. The van der Waals surface area contributed by atoms with Crippen molar-refractivity contribution in [1.82, 2.24) is 15.3 Å². The predicted molar refractivity (Wildman–Crippen MR) is 76.4 cm³/mol. The van der Waals surface area contributed by atoms with Crippen molar-refractivity contribution in [1.29, 1.82) is 0 Å². The number of rotatable bonds is 4. The number of benzene rings is 1. The normalized spacial score (nSPS) is 12.4. The Morgan fingerprint density at radius 1 is 1.37 bits per heavy atom. The number of nitrogens with zero attached hydrogens (tertiary/aromatic N) is 2. The average Bonchev–Trinajstić information content (AvgIpc) is 2.38. The van der Waals surface area contributed by atoms with E-state index in [9.17, 15) is 4.39 Å². The Morgan fingerprint density at radius 2 is 2.16 bits per heavy atom. The van der Waals surface area contributed by atoms with Crippen LogP contribution >= 0.6 is 15.9 Å². The Hall–Kier alpha value is -1.33. The Bertz CT molecular complexity index is 574. The van der Waals surface area contributed by atoms with Gasteiger partial charge in [-0.05, 0) is 44.2 Å². The largest absolute Gasteiger partial charge is 0.311 e. The molecule has 3 nitrogen and oxygen atoms in total. The summed E-state index contributed by atoms with van der Waals surface area (Å²) in [5.74, 6) is 0.509. The van der Waals surface area contributed by atoms with E-state index < -0.39 is 0 Å². The van der Waals surface area contributed by atoms with Crippen LogP contribution in [-0.4, -0.2) is 17.0 Å². The number of likely N-dealkylation sites (N-methyl/N-ethyl adjacent to an activating group) is 1. The van der Waals surface area contributed by atoms with Crippen LogP contribution in [0.1, 0.15) is 23.1 Å². The van der Waals surface area contributed by atoms with Crippen LogP contribution in [0, 0.1) is 12.7 Å². The molecular weight excluding hydrogens is 309 g/mol. The van der Waals surface area contributed by atoms with Crippen LogP contribution in [0.2, 0.25) is 0 Å². The summed E-state index contributed by atoms with van der Waals surface area (Å²) in [7, 11) is 1.85. The van der Waals surface area contributed by atoms with Gasteiger partial charge in [0.15, 0.2) is 0 Å². The number of hydrogen-bond donors (Lipinski definition) is 1. The highest BCUT2D eigenvalue weighted by atomic mass is 79.9. The molecule has 0 bridgehead atoms. The van der Waals surface area contributed by atoms with Gasteiger partial charge in [0.05, 0.1) is 11.7 Å². The molecule has 0 saturated carbocycles. The minimum absolute atomic E-state index is 0.0302. The van der Waals surface area contributed by atoms with Gasteiger partial charge in [-0.3, -0.25) is 0 Å². The van der Waals surface area contributed by atoms with Crippen molar-refractivity contribution in [3.8, 4) is 0 Å². The summed E-state index contributed by atoms with van der Waals surface area (Å²) in [5.41, 5.74) is 1.54. The Kier molecular flexibility index (Phi) is 4.61. The molecule has 100 valence electrons. The van der Waals surface area contributed by atoms with Gasteiger partial charge in [0.25, 0.3) is 0 Å². The third-order valence-corrected chi connectivity index (χ3v) is 3.44. The van der Waals surface area contributed by atoms with E-state index in [2.05, 4.69) is 31.2 Å². The maximum Gasteiger partial charge on any atom is 0.127 e. The smallest absolute Gasteiger partial charge is 0.127 e. The second-order valence-corrected chi connectivity index (χ2v) is 5.23. The summed E-state index contributed by atoms with van der Waals surface area (Å²) in [6.45, 7) is 1.84. The zero-order valence-corrected chi connectivity index (χ0v) is 12.4. The minimum Gasteiger partial charge on any atom is -0.311 e. The van der Waals surface area contributed by atoms with Gasteiger partial charge in [0.1, 0.15) is 11.6 Å². The van der Waals surface area contributed by atoms with E-state index in [4.69, 9.17) is 0 Å². The van der Waals surface area contributed by atoms with Gasteiger partial charge >= 0.3 is 0 Å². The van der Waals surface area contributed by atoms with E-state index >= 15 is 0 Å². The van der Waals surface area contributed by atoms with Crippen LogP contribution in [0.4, 0.5) is 4.39 Å². The van der Waals surface area contributed by atoms with Gasteiger partial charge < -0.3 is 5.32 Å². The molecule has 2 aromatic rings. The van der Waals surface area contributed by atoms with E-state index in [1.165, 1.54) is 6.07 Å². The first-order valence-corrected chi connectivity index (χ1v) is 6.80. The van der Waals surface area contributed by atoms with Crippen molar-refractivity contribution in [2.24, 2.45) is 0 Å². The zero-order chi connectivity index (χ0) is 13.8. The van der Waals surface area contributed by atoms with E-state index in [0.29, 0.717) is 17.8 Å². The third-order valence-electron chi connectivity index (χ3n) is 2.94. The van der Waals surface area contributed by atoms with Crippen LogP contribution in [0.15, 0.2) is 34.9 Å². The van der Waals surface area contributed by atoms with Crippen LogP contribution in [0.5, 0.6) is 0 Å². The van der Waals surface area contributed by atoms with E-state index in [1.54, 1.807) is 12.3 Å². The molecule has 0 saturated heterocycles. The first kappa shape index (κ1) is 14.1. The SMILES string of the molecule is CNC(Cc1ccc(Br)cc1F)c1ccnc(C)n1. The number of hydrogen-bond acceptors (Lipinski definition) is 3. The lowest BCUT2D eigenvalue weighted by atomic mass is 10.0. The summed E-state index contributed by atoms with van der Waals surface area (Å²) >= 11 is 3.26.